The highest BCUT2D eigenvalue weighted by Crippen LogP contribution is 2.23. The zero-order valence-corrected chi connectivity index (χ0v) is 14.8. The third-order valence-corrected chi connectivity index (χ3v) is 4.63. The fourth-order valence-electron chi connectivity index (χ4n) is 3.02. The summed E-state index contributed by atoms with van der Waals surface area (Å²) in [7, 11) is 0. The summed E-state index contributed by atoms with van der Waals surface area (Å²) in [6, 6.07) is 18.6. The summed E-state index contributed by atoms with van der Waals surface area (Å²) < 4.78 is 14.7. The van der Waals surface area contributed by atoms with Crippen molar-refractivity contribution in [2.75, 3.05) is 47.5 Å². The van der Waals surface area contributed by atoms with Crippen molar-refractivity contribution in [3.63, 3.8) is 0 Å². The van der Waals surface area contributed by atoms with Gasteiger partial charge < -0.3 is 14.7 Å². The number of nitrogens with one attached hydrogen (secondary N) is 2. The lowest BCUT2D eigenvalue weighted by molar-refractivity contribution is 0.653. The van der Waals surface area contributed by atoms with Crippen molar-refractivity contribution in [3.8, 4) is 0 Å². The Hall–Kier alpha value is -2.25. The van der Waals surface area contributed by atoms with Gasteiger partial charge in [-0.25, -0.2) is 4.72 Å². The summed E-state index contributed by atoms with van der Waals surface area (Å²) in [5.41, 5.74) is 3.31. The van der Waals surface area contributed by atoms with E-state index in [1.54, 1.807) is 4.90 Å². The Labute approximate surface area is 152 Å². The molecule has 1 aliphatic heterocycles. The van der Waals surface area contributed by atoms with Crippen LogP contribution in [0.5, 0.6) is 0 Å². The fourth-order valence-corrected chi connectivity index (χ4v) is 3.21. The van der Waals surface area contributed by atoms with Crippen LogP contribution in [0, 0.1) is 5.41 Å². The molecule has 0 radical (unpaired) electrons. The minimum atomic E-state index is 0.0563. The number of hydrogen-bond acceptors (Lipinski definition) is 5. The van der Waals surface area contributed by atoms with E-state index in [2.05, 4.69) is 50.9 Å². The summed E-state index contributed by atoms with van der Waals surface area (Å²) >= 11 is 0.0563. The quantitative estimate of drug-likeness (QED) is 0.343. The van der Waals surface area contributed by atoms with Gasteiger partial charge in [-0.15, -0.1) is 3.89 Å². The van der Waals surface area contributed by atoms with Crippen LogP contribution in [0.25, 0.3) is 0 Å². The molecule has 5 nitrogen and oxygen atoms in total. The molecule has 25 heavy (non-hydrogen) atoms. The molecular weight excluding hydrogens is 337 g/mol. The molecule has 0 spiro atoms. The van der Waals surface area contributed by atoms with Gasteiger partial charge in [-0.05, 0) is 36.4 Å². The summed E-state index contributed by atoms with van der Waals surface area (Å²) in [5.74, 6) is 0. The van der Waals surface area contributed by atoms with Crippen molar-refractivity contribution in [1.29, 1.82) is 5.41 Å². The van der Waals surface area contributed by atoms with Crippen LogP contribution in [0.4, 0.5) is 20.9 Å². The molecule has 1 aliphatic rings. The van der Waals surface area contributed by atoms with Crippen LogP contribution >= 0.6 is 12.3 Å². The molecule has 0 unspecified atom stereocenters. The maximum Gasteiger partial charge on any atom is 0.133 e. The maximum absolute atomic E-state index is 12.2. The van der Waals surface area contributed by atoms with Gasteiger partial charge in [-0.2, -0.15) is 0 Å². The van der Waals surface area contributed by atoms with Gasteiger partial charge in [0.05, 0.1) is 13.0 Å². The number of para-hydroxylation sites is 1. The topological polar surface area (TPSA) is 45.6 Å². The molecule has 0 bridgehead atoms. The summed E-state index contributed by atoms with van der Waals surface area (Å²) in [6.07, 6.45) is 1.19. The van der Waals surface area contributed by atoms with Crippen LogP contribution in [0.3, 0.4) is 0 Å². The number of rotatable bonds is 7. The van der Waals surface area contributed by atoms with Gasteiger partial charge in [0.2, 0.25) is 0 Å². The highest BCUT2D eigenvalue weighted by molar-refractivity contribution is 7.92. The van der Waals surface area contributed by atoms with Crippen molar-refractivity contribution in [3.05, 3.63) is 54.6 Å². The van der Waals surface area contributed by atoms with Crippen molar-refractivity contribution in [2.45, 2.75) is 0 Å². The Morgan fingerprint density at radius 3 is 2.04 bits per heavy atom. The molecule has 2 N–H and O–H groups in total. The molecule has 2 aromatic rings. The Morgan fingerprint density at radius 1 is 0.960 bits per heavy atom. The molecular formula is C18H22FN5S. The first-order valence-corrected chi connectivity index (χ1v) is 8.96. The van der Waals surface area contributed by atoms with Gasteiger partial charge in [0.15, 0.2) is 0 Å². The van der Waals surface area contributed by atoms with Crippen molar-refractivity contribution in [2.24, 2.45) is 0 Å². The van der Waals surface area contributed by atoms with Crippen molar-refractivity contribution in [1.82, 2.24) is 4.72 Å². The molecule has 7 heteroatoms. The summed E-state index contributed by atoms with van der Waals surface area (Å²) in [6.45, 7) is 4.19. The average Bonchev–Trinajstić information content (AvgIpc) is 2.70. The SMILES string of the molecule is N=CN(CNSF)c1ccc(N2CCN(c3ccccc3)CC2)cc1. The van der Waals surface area contributed by atoms with Gasteiger partial charge in [0, 0.05) is 43.2 Å². The molecule has 3 rings (SSSR count). The van der Waals surface area contributed by atoms with E-state index in [1.807, 2.05) is 18.2 Å². The lowest BCUT2D eigenvalue weighted by Gasteiger charge is -2.37. The third kappa shape index (κ3) is 4.43. The second-order valence-corrected chi connectivity index (χ2v) is 6.25. The molecule has 2 aromatic carbocycles. The first-order chi connectivity index (χ1) is 12.3. The maximum atomic E-state index is 12.2. The first-order valence-electron chi connectivity index (χ1n) is 8.24. The largest absolute Gasteiger partial charge is 0.368 e. The summed E-state index contributed by atoms with van der Waals surface area (Å²) in [5, 5.41) is 7.44. The van der Waals surface area contributed by atoms with Crippen LogP contribution in [0.1, 0.15) is 0 Å². The van der Waals surface area contributed by atoms with Gasteiger partial charge in [-0.3, -0.25) is 5.41 Å². The highest BCUT2D eigenvalue weighted by Gasteiger charge is 2.17. The molecule has 1 saturated heterocycles. The molecule has 1 heterocycles. The Balaban J connectivity index is 1.59. The van der Waals surface area contributed by atoms with Crippen LogP contribution in [-0.2, 0) is 0 Å². The smallest absolute Gasteiger partial charge is 0.133 e. The zero-order valence-electron chi connectivity index (χ0n) is 13.9. The molecule has 1 fully saturated rings. The number of hydrogen-bond donors (Lipinski definition) is 2. The Kier molecular flexibility index (Phi) is 6.14. The number of halogens is 1. The summed E-state index contributed by atoms with van der Waals surface area (Å²) in [4.78, 5) is 6.42. The normalized spacial score (nSPS) is 14.4. The standard InChI is InChI=1S/C18H22FN5S/c19-25-21-15-24(14-20)18-8-6-17(7-9-18)23-12-10-22(11-13-23)16-4-2-1-3-5-16/h1-9,14,20-21H,10-13,15H2. The first kappa shape index (κ1) is 17.6. The monoisotopic (exact) mass is 359 g/mol. The van der Waals surface area contributed by atoms with Gasteiger partial charge in [-0.1, -0.05) is 18.2 Å². The number of anilines is 3. The second-order valence-electron chi connectivity index (χ2n) is 5.80. The van der Waals surface area contributed by atoms with E-state index >= 15 is 0 Å². The van der Waals surface area contributed by atoms with E-state index in [4.69, 9.17) is 5.41 Å². The number of piperazine rings is 1. The van der Waals surface area contributed by atoms with Gasteiger partial charge >= 0.3 is 0 Å². The van der Waals surface area contributed by atoms with Crippen LogP contribution in [0.2, 0.25) is 0 Å². The average molecular weight is 359 g/mol. The van der Waals surface area contributed by atoms with E-state index in [9.17, 15) is 3.89 Å². The van der Waals surface area contributed by atoms with E-state index in [1.165, 1.54) is 17.7 Å². The number of benzene rings is 2. The van der Waals surface area contributed by atoms with Crippen LogP contribution in [0.15, 0.2) is 54.6 Å². The van der Waals surface area contributed by atoms with E-state index < -0.39 is 0 Å². The van der Waals surface area contributed by atoms with E-state index in [0.717, 1.165) is 31.9 Å². The molecule has 0 amide bonds. The fraction of sp³-hybridized carbons (Fsp3) is 0.278. The highest BCUT2D eigenvalue weighted by atomic mass is 32.2. The van der Waals surface area contributed by atoms with Crippen molar-refractivity contribution < 1.29 is 3.89 Å². The molecule has 132 valence electrons. The Bertz CT molecular complexity index is 659. The molecule has 0 atom stereocenters. The lowest BCUT2D eigenvalue weighted by Crippen LogP contribution is -2.46. The molecule has 0 saturated carbocycles. The van der Waals surface area contributed by atoms with Crippen molar-refractivity contribution >= 4 is 35.7 Å². The Morgan fingerprint density at radius 2 is 1.52 bits per heavy atom. The number of nitrogens with zero attached hydrogens (tertiary/aromatic N) is 3. The van der Waals surface area contributed by atoms with Gasteiger partial charge in [0.1, 0.15) is 12.3 Å². The molecule has 0 aliphatic carbocycles. The van der Waals surface area contributed by atoms with Crippen LogP contribution in [-0.4, -0.2) is 39.2 Å². The predicted octanol–water partition coefficient (Wildman–Crippen LogP) is 3.51. The minimum absolute atomic E-state index is 0.0563. The molecule has 0 aromatic heterocycles. The zero-order chi connectivity index (χ0) is 17.5. The minimum Gasteiger partial charge on any atom is -0.368 e. The predicted molar refractivity (Wildman–Crippen MR) is 105 cm³/mol. The van der Waals surface area contributed by atoms with Gasteiger partial charge in [0.25, 0.3) is 0 Å². The third-order valence-electron chi connectivity index (χ3n) is 4.39. The van der Waals surface area contributed by atoms with E-state index in [0.29, 0.717) is 0 Å². The van der Waals surface area contributed by atoms with Crippen LogP contribution < -0.4 is 19.4 Å². The van der Waals surface area contributed by atoms with E-state index in [-0.39, 0.29) is 19.0 Å². The second kappa shape index (κ2) is 8.73. The lowest BCUT2D eigenvalue weighted by atomic mass is 10.2.